The van der Waals surface area contributed by atoms with Crippen LogP contribution >= 0.6 is 11.3 Å². The van der Waals surface area contributed by atoms with Crippen LogP contribution in [0.2, 0.25) is 0 Å². The Balaban J connectivity index is 1.20. The van der Waals surface area contributed by atoms with Crippen LogP contribution in [-0.4, -0.2) is 24.9 Å². The smallest absolute Gasteiger partial charge is 0.164 e. The fourth-order valence-electron chi connectivity index (χ4n) is 6.14. The number of fused-ring (bicyclic) bond motifs is 3. The summed E-state index contributed by atoms with van der Waals surface area (Å²) in [6.07, 6.45) is 0. The van der Waals surface area contributed by atoms with Gasteiger partial charge in [-0.25, -0.2) is 24.9 Å². The van der Waals surface area contributed by atoms with E-state index in [-0.39, 0.29) is 0 Å². The zero-order valence-electron chi connectivity index (χ0n) is 26.2. The molecule has 5 nitrogen and oxygen atoms in total. The molecule has 0 unspecified atom stereocenters. The Morgan fingerprint density at radius 1 is 0.327 bits per heavy atom. The molecule has 9 rings (SSSR count). The third-order valence-electron chi connectivity index (χ3n) is 8.56. The maximum atomic E-state index is 5.13. The van der Waals surface area contributed by atoms with Gasteiger partial charge in [0.25, 0.3) is 0 Å². The predicted octanol–water partition coefficient (Wildman–Crippen LogP) is 11.0. The number of aromatic nitrogens is 5. The van der Waals surface area contributed by atoms with Crippen molar-refractivity contribution in [3.8, 4) is 68.1 Å². The van der Waals surface area contributed by atoms with Crippen molar-refractivity contribution >= 4 is 31.5 Å². The molecule has 0 aliphatic carbocycles. The molecule has 6 aromatic carbocycles. The standard InChI is InChI=1S/C43H27N5S/c1-5-14-28(15-6-1)36-27-37(45-40(44-36)29-16-7-2-8-17-29)34-23-13-22-33-35-26-32(24-25-38(35)49-39(33)34)43-47-41(30-18-9-3-10-19-30)46-42(48-43)31-20-11-4-12-21-31/h1-27H. The van der Waals surface area contributed by atoms with Gasteiger partial charge in [0.2, 0.25) is 0 Å². The molecule has 3 aromatic heterocycles. The van der Waals surface area contributed by atoms with Crippen LogP contribution in [0.3, 0.4) is 0 Å². The minimum atomic E-state index is 0.640. The molecular weight excluding hydrogens is 619 g/mol. The minimum Gasteiger partial charge on any atom is -0.228 e. The van der Waals surface area contributed by atoms with E-state index >= 15 is 0 Å². The lowest BCUT2D eigenvalue weighted by Crippen LogP contribution is -2.00. The second-order valence-corrected chi connectivity index (χ2v) is 12.8. The summed E-state index contributed by atoms with van der Waals surface area (Å²) in [6, 6.07) is 55.7. The molecule has 0 aliphatic rings. The van der Waals surface area contributed by atoms with E-state index in [2.05, 4.69) is 66.7 Å². The van der Waals surface area contributed by atoms with E-state index < -0.39 is 0 Å². The number of hydrogen-bond acceptors (Lipinski definition) is 6. The Kier molecular flexibility index (Phi) is 7.26. The second kappa shape index (κ2) is 12.3. The van der Waals surface area contributed by atoms with Crippen LogP contribution in [0, 0.1) is 0 Å². The van der Waals surface area contributed by atoms with E-state index in [1.54, 1.807) is 11.3 Å². The number of nitrogens with zero attached hydrogens (tertiary/aromatic N) is 5. The molecular formula is C43H27N5S. The first-order valence-corrected chi connectivity index (χ1v) is 16.9. The van der Waals surface area contributed by atoms with Crippen molar-refractivity contribution in [2.24, 2.45) is 0 Å². The summed E-state index contributed by atoms with van der Waals surface area (Å²) in [6.45, 7) is 0. The first-order chi connectivity index (χ1) is 24.3. The summed E-state index contributed by atoms with van der Waals surface area (Å²) >= 11 is 1.78. The van der Waals surface area contributed by atoms with Crippen molar-refractivity contribution in [1.29, 1.82) is 0 Å². The van der Waals surface area contributed by atoms with Crippen LogP contribution in [-0.2, 0) is 0 Å². The Morgan fingerprint density at radius 3 is 1.39 bits per heavy atom. The fraction of sp³-hybridized carbons (Fsp3) is 0. The molecule has 0 saturated heterocycles. The van der Waals surface area contributed by atoms with Crippen molar-refractivity contribution in [2.45, 2.75) is 0 Å². The topological polar surface area (TPSA) is 64.5 Å². The van der Waals surface area contributed by atoms with Gasteiger partial charge in [-0.05, 0) is 24.3 Å². The van der Waals surface area contributed by atoms with E-state index in [1.807, 2.05) is 97.1 Å². The molecule has 3 heterocycles. The van der Waals surface area contributed by atoms with Gasteiger partial charge in [-0.1, -0.05) is 140 Å². The van der Waals surface area contributed by atoms with E-state index in [1.165, 1.54) is 14.8 Å². The number of thiophene rings is 1. The summed E-state index contributed by atoms with van der Waals surface area (Å²) in [5, 5.41) is 2.32. The molecule has 0 atom stereocenters. The van der Waals surface area contributed by atoms with E-state index in [0.717, 1.165) is 50.2 Å². The Bertz CT molecular complexity index is 2470. The Morgan fingerprint density at radius 2 is 0.816 bits per heavy atom. The maximum Gasteiger partial charge on any atom is 0.164 e. The highest BCUT2D eigenvalue weighted by Crippen LogP contribution is 2.41. The van der Waals surface area contributed by atoms with Crippen LogP contribution in [0.5, 0.6) is 0 Å². The number of benzene rings is 6. The van der Waals surface area contributed by atoms with E-state index in [0.29, 0.717) is 23.3 Å². The lowest BCUT2D eigenvalue weighted by molar-refractivity contribution is 1.07. The van der Waals surface area contributed by atoms with Gasteiger partial charge in [0.1, 0.15) is 0 Å². The summed E-state index contributed by atoms with van der Waals surface area (Å²) in [4.78, 5) is 25.0. The largest absolute Gasteiger partial charge is 0.228 e. The van der Waals surface area contributed by atoms with Crippen molar-refractivity contribution in [3.05, 3.63) is 164 Å². The molecule has 0 bridgehead atoms. The van der Waals surface area contributed by atoms with Gasteiger partial charge in [-0.3, -0.25) is 0 Å². The summed E-state index contributed by atoms with van der Waals surface area (Å²) in [5.41, 5.74) is 7.74. The molecule has 0 amide bonds. The molecule has 0 spiro atoms. The van der Waals surface area contributed by atoms with Gasteiger partial charge in [0, 0.05) is 53.6 Å². The zero-order valence-corrected chi connectivity index (χ0v) is 27.0. The predicted molar refractivity (Wildman–Crippen MR) is 201 cm³/mol. The van der Waals surface area contributed by atoms with Gasteiger partial charge in [-0.15, -0.1) is 11.3 Å². The molecule has 230 valence electrons. The lowest BCUT2D eigenvalue weighted by Gasteiger charge is -2.10. The molecule has 0 radical (unpaired) electrons. The van der Waals surface area contributed by atoms with Crippen LogP contribution in [0.25, 0.3) is 88.2 Å². The average molecular weight is 646 g/mol. The summed E-state index contributed by atoms with van der Waals surface area (Å²) < 4.78 is 2.37. The van der Waals surface area contributed by atoms with E-state index in [4.69, 9.17) is 24.9 Å². The van der Waals surface area contributed by atoms with Crippen molar-refractivity contribution in [3.63, 3.8) is 0 Å². The van der Waals surface area contributed by atoms with Gasteiger partial charge >= 0.3 is 0 Å². The van der Waals surface area contributed by atoms with Crippen molar-refractivity contribution < 1.29 is 0 Å². The zero-order chi connectivity index (χ0) is 32.6. The molecule has 9 aromatic rings. The number of rotatable bonds is 6. The first-order valence-electron chi connectivity index (χ1n) is 16.1. The van der Waals surface area contributed by atoms with Crippen LogP contribution in [0.4, 0.5) is 0 Å². The number of hydrogen-bond donors (Lipinski definition) is 0. The molecule has 0 fully saturated rings. The average Bonchev–Trinajstić information content (AvgIpc) is 3.57. The quantitative estimate of drug-likeness (QED) is 0.180. The molecule has 6 heteroatoms. The molecule has 0 N–H and O–H groups in total. The van der Waals surface area contributed by atoms with Crippen molar-refractivity contribution in [2.75, 3.05) is 0 Å². The molecule has 49 heavy (non-hydrogen) atoms. The first kappa shape index (κ1) is 28.8. The highest BCUT2D eigenvalue weighted by Gasteiger charge is 2.17. The SMILES string of the molecule is c1ccc(-c2cc(-c3cccc4c3sc3ccc(-c5nc(-c6ccccc6)nc(-c6ccccc6)n5)cc34)nc(-c3ccccc3)n2)cc1. The third-order valence-corrected chi connectivity index (χ3v) is 9.78. The Labute approximate surface area is 287 Å². The van der Waals surface area contributed by atoms with Crippen LogP contribution < -0.4 is 0 Å². The summed E-state index contributed by atoms with van der Waals surface area (Å²) in [5.74, 6) is 2.64. The lowest BCUT2D eigenvalue weighted by atomic mass is 10.0. The van der Waals surface area contributed by atoms with Gasteiger partial charge in [0.15, 0.2) is 23.3 Å². The third kappa shape index (κ3) is 5.54. The normalized spacial score (nSPS) is 11.3. The highest BCUT2D eigenvalue weighted by atomic mass is 32.1. The molecule has 0 saturated carbocycles. The van der Waals surface area contributed by atoms with Crippen molar-refractivity contribution in [1.82, 2.24) is 24.9 Å². The fourth-order valence-corrected chi connectivity index (χ4v) is 7.34. The monoisotopic (exact) mass is 645 g/mol. The van der Waals surface area contributed by atoms with Gasteiger partial charge in [-0.2, -0.15) is 0 Å². The van der Waals surface area contributed by atoms with Gasteiger partial charge < -0.3 is 0 Å². The second-order valence-electron chi connectivity index (χ2n) is 11.7. The van der Waals surface area contributed by atoms with Crippen LogP contribution in [0.1, 0.15) is 0 Å². The van der Waals surface area contributed by atoms with E-state index in [9.17, 15) is 0 Å². The van der Waals surface area contributed by atoms with Gasteiger partial charge in [0.05, 0.1) is 11.4 Å². The van der Waals surface area contributed by atoms with Crippen LogP contribution in [0.15, 0.2) is 164 Å². The molecule has 0 aliphatic heterocycles. The maximum absolute atomic E-state index is 5.13. The highest BCUT2D eigenvalue weighted by molar-refractivity contribution is 7.26. The summed E-state index contributed by atoms with van der Waals surface area (Å²) in [7, 11) is 0. The minimum absolute atomic E-state index is 0.640. The Hall–Kier alpha value is -6.37.